The van der Waals surface area contributed by atoms with Gasteiger partial charge in [-0.05, 0) is 18.6 Å². The molecule has 0 aromatic carbocycles. The van der Waals surface area contributed by atoms with Crippen LogP contribution in [-0.2, 0) is 6.54 Å². The van der Waals surface area contributed by atoms with Crippen molar-refractivity contribution in [2.24, 2.45) is 10.8 Å². The lowest BCUT2D eigenvalue weighted by Crippen LogP contribution is -2.42. The van der Waals surface area contributed by atoms with Gasteiger partial charge in [-0.15, -0.1) is 0 Å². The molecule has 0 spiro atoms. The Balaban J connectivity index is 2.40. The van der Waals surface area contributed by atoms with Crippen LogP contribution < -0.4 is 16.6 Å². The second kappa shape index (κ2) is 7.58. The molecule has 0 aliphatic rings. The molecule has 0 aliphatic heterocycles. The molecule has 6 heteroatoms. The van der Waals surface area contributed by atoms with Crippen LogP contribution in [0.25, 0.3) is 0 Å². The molecule has 6 nitrogen and oxygen atoms in total. The third kappa shape index (κ3) is 4.70. The van der Waals surface area contributed by atoms with Gasteiger partial charge in [-0.3, -0.25) is 5.43 Å². The molecular formula is C10H18N6. The van der Waals surface area contributed by atoms with Crippen molar-refractivity contribution in [3.8, 4) is 0 Å². The van der Waals surface area contributed by atoms with Crippen molar-refractivity contribution in [2.75, 3.05) is 6.54 Å². The maximum atomic E-state index is 5.34. The molecule has 0 atom stereocenters. The molecule has 0 saturated heterocycles. The summed E-state index contributed by atoms with van der Waals surface area (Å²) in [5.74, 6) is 5.92. The Hall–Kier alpha value is -1.69. The van der Waals surface area contributed by atoms with Gasteiger partial charge < -0.3 is 5.32 Å². The fourth-order valence-corrected chi connectivity index (χ4v) is 1.11. The number of hydrogen-bond donors (Lipinski definition) is 3. The van der Waals surface area contributed by atoms with Crippen LogP contribution in [0.4, 0.5) is 0 Å². The quantitative estimate of drug-likeness (QED) is 0.217. The van der Waals surface area contributed by atoms with Crippen molar-refractivity contribution < 1.29 is 0 Å². The Morgan fingerprint density at radius 1 is 1.56 bits per heavy atom. The van der Waals surface area contributed by atoms with Gasteiger partial charge in [-0.2, -0.15) is 10.2 Å². The number of aromatic nitrogens is 2. The first kappa shape index (κ1) is 12.4. The Morgan fingerprint density at radius 3 is 3.06 bits per heavy atom. The normalized spacial score (nSPS) is 11.2. The highest BCUT2D eigenvalue weighted by molar-refractivity contribution is 5.79. The summed E-state index contributed by atoms with van der Waals surface area (Å²) in [6, 6.07) is 3.70. The van der Waals surface area contributed by atoms with E-state index in [1.807, 2.05) is 12.1 Å². The summed E-state index contributed by atoms with van der Waals surface area (Å²) in [6.45, 7) is 3.46. The largest absolute Gasteiger partial charge is 0.355 e. The van der Waals surface area contributed by atoms with E-state index in [4.69, 9.17) is 5.84 Å². The van der Waals surface area contributed by atoms with E-state index in [1.165, 1.54) is 0 Å². The Labute approximate surface area is 95.3 Å². The summed E-state index contributed by atoms with van der Waals surface area (Å²) < 4.78 is 0. The maximum Gasteiger partial charge on any atom is 0.206 e. The van der Waals surface area contributed by atoms with E-state index >= 15 is 0 Å². The van der Waals surface area contributed by atoms with Crippen molar-refractivity contribution in [1.82, 2.24) is 20.9 Å². The predicted molar refractivity (Wildman–Crippen MR) is 63.4 cm³/mol. The van der Waals surface area contributed by atoms with Gasteiger partial charge >= 0.3 is 0 Å². The fraction of sp³-hybridized carbons (Fsp3) is 0.500. The number of nitrogens with one attached hydrogen (secondary N) is 2. The van der Waals surface area contributed by atoms with E-state index in [-0.39, 0.29) is 0 Å². The summed E-state index contributed by atoms with van der Waals surface area (Å²) in [7, 11) is 0. The highest BCUT2D eigenvalue weighted by atomic mass is 15.3. The molecule has 0 aliphatic carbocycles. The highest BCUT2D eigenvalue weighted by Gasteiger charge is 1.96. The predicted octanol–water partition coefficient (Wildman–Crippen LogP) is 0.186. The van der Waals surface area contributed by atoms with Gasteiger partial charge in [0, 0.05) is 12.7 Å². The van der Waals surface area contributed by atoms with Gasteiger partial charge in [0.25, 0.3) is 0 Å². The molecule has 0 saturated carbocycles. The van der Waals surface area contributed by atoms with Crippen LogP contribution in [-0.4, -0.2) is 22.7 Å². The van der Waals surface area contributed by atoms with Crippen molar-refractivity contribution in [3.63, 3.8) is 0 Å². The van der Waals surface area contributed by atoms with E-state index in [1.54, 1.807) is 6.20 Å². The number of nitrogens with zero attached hydrogens (tertiary/aromatic N) is 3. The van der Waals surface area contributed by atoms with Gasteiger partial charge in [0.1, 0.15) is 0 Å². The molecule has 1 aromatic heterocycles. The zero-order chi connectivity index (χ0) is 11.6. The summed E-state index contributed by atoms with van der Waals surface area (Å²) in [5.41, 5.74) is 3.33. The van der Waals surface area contributed by atoms with E-state index in [0.29, 0.717) is 12.5 Å². The molecule has 1 rings (SSSR count). The number of nitrogens with two attached hydrogens (primary N) is 1. The number of hydrogen-bond acceptors (Lipinski definition) is 4. The van der Waals surface area contributed by atoms with Crippen LogP contribution in [0.15, 0.2) is 23.3 Å². The Bertz CT molecular complexity index is 310. The summed E-state index contributed by atoms with van der Waals surface area (Å²) in [5, 5.41) is 10.8. The number of guanidine groups is 1. The highest BCUT2D eigenvalue weighted by Crippen LogP contribution is 1.93. The first-order chi connectivity index (χ1) is 7.86. The Morgan fingerprint density at radius 2 is 2.44 bits per heavy atom. The van der Waals surface area contributed by atoms with Gasteiger partial charge in [0.05, 0.1) is 12.2 Å². The van der Waals surface area contributed by atoms with Crippen LogP contribution in [0.5, 0.6) is 0 Å². The lowest BCUT2D eigenvalue weighted by molar-refractivity contribution is 0.730. The summed E-state index contributed by atoms with van der Waals surface area (Å²) in [4.78, 5) is 4.25. The zero-order valence-electron chi connectivity index (χ0n) is 9.48. The number of rotatable bonds is 5. The van der Waals surface area contributed by atoms with Gasteiger partial charge in [-0.1, -0.05) is 13.3 Å². The molecule has 0 amide bonds. The number of aliphatic imine (C=N–C) groups is 1. The van der Waals surface area contributed by atoms with E-state index in [2.05, 4.69) is 32.9 Å². The van der Waals surface area contributed by atoms with Crippen LogP contribution >= 0.6 is 0 Å². The minimum Gasteiger partial charge on any atom is -0.355 e. The molecule has 0 radical (unpaired) electrons. The lowest BCUT2D eigenvalue weighted by atomic mass is 10.3. The van der Waals surface area contributed by atoms with Gasteiger partial charge in [-0.25, -0.2) is 10.8 Å². The molecule has 0 bridgehead atoms. The zero-order valence-corrected chi connectivity index (χ0v) is 9.48. The van der Waals surface area contributed by atoms with Crippen LogP contribution in [0, 0.1) is 0 Å². The van der Waals surface area contributed by atoms with Gasteiger partial charge in [0.2, 0.25) is 5.96 Å². The molecule has 0 fully saturated rings. The fourth-order valence-electron chi connectivity index (χ4n) is 1.11. The maximum absolute atomic E-state index is 5.34. The second-order valence-corrected chi connectivity index (χ2v) is 3.30. The SMILES string of the molecule is CCCCNC(=NCc1cccnn1)NN. The van der Waals surface area contributed by atoms with Crippen molar-refractivity contribution in [1.29, 1.82) is 0 Å². The van der Waals surface area contributed by atoms with Crippen molar-refractivity contribution >= 4 is 5.96 Å². The molecule has 1 heterocycles. The van der Waals surface area contributed by atoms with Crippen molar-refractivity contribution in [3.05, 3.63) is 24.0 Å². The van der Waals surface area contributed by atoms with E-state index < -0.39 is 0 Å². The average molecular weight is 222 g/mol. The van der Waals surface area contributed by atoms with Gasteiger partial charge in [0.15, 0.2) is 0 Å². The van der Waals surface area contributed by atoms with E-state index in [0.717, 1.165) is 25.1 Å². The van der Waals surface area contributed by atoms with Crippen LogP contribution in [0.1, 0.15) is 25.5 Å². The molecule has 1 aromatic rings. The first-order valence-electron chi connectivity index (χ1n) is 5.38. The molecule has 88 valence electrons. The number of unbranched alkanes of at least 4 members (excludes halogenated alkanes) is 1. The topological polar surface area (TPSA) is 88.2 Å². The van der Waals surface area contributed by atoms with Crippen LogP contribution in [0.3, 0.4) is 0 Å². The average Bonchev–Trinajstić information content (AvgIpc) is 2.35. The lowest BCUT2D eigenvalue weighted by Gasteiger charge is -2.07. The standard InChI is InChI=1S/C10H18N6/c1-2-3-6-12-10(15-11)13-8-9-5-4-7-14-16-9/h4-5,7H,2-3,6,8,11H2,1H3,(H2,12,13,15). The van der Waals surface area contributed by atoms with Crippen molar-refractivity contribution in [2.45, 2.75) is 26.3 Å². The van der Waals surface area contributed by atoms with E-state index in [9.17, 15) is 0 Å². The minimum absolute atomic E-state index is 0.465. The molecule has 0 unspecified atom stereocenters. The third-order valence-corrected chi connectivity index (χ3v) is 1.99. The Kier molecular flexibility index (Phi) is 5.87. The first-order valence-corrected chi connectivity index (χ1v) is 5.38. The second-order valence-electron chi connectivity index (χ2n) is 3.30. The van der Waals surface area contributed by atoms with Crippen LogP contribution in [0.2, 0.25) is 0 Å². The summed E-state index contributed by atoms with van der Waals surface area (Å²) >= 11 is 0. The minimum atomic E-state index is 0.465. The third-order valence-electron chi connectivity index (χ3n) is 1.99. The molecule has 4 N–H and O–H groups in total. The monoisotopic (exact) mass is 222 g/mol. The molecule has 16 heavy (non-hydrogen) atoms. The number of hydrazine groups is 1. The summed E-state index contributed by atoms with van der Waals surface area (Å²) in [6.07, 6.45) is 3.86. The molecular weight excluding hydrogens is 204 g/mol. The smallest absolute Gasteiger partial charge is 0.206 e.